The normalized spacial score (nSPS) is 14.4. The summed E-state index contributed by atoms with van der Waals surface area (Å²) in [4.78, 5) is 2.56. The van der Waals surface area contributed by atoms with Gasteiger partial charge in [-0.15, -0.1) is 0 Å². The maximum Gasteiger partial charge on any atom is 0.329 e. The molecular formula is C24H16BN2+. The minimum Gasteiger partial charge on any atom is -0.371 e. The second-order valence-corrected chi connectivity index (χ2v) is 7.63. The quantitative estimate of drug-likeness (QED) is 0.309. The van der Waals surface area contributed by atoms with Crippen molar-refractivity contribution in [3.05, 3.63) is 90.6 Å². The van der Waals surface area contributed by atoms with Crippen LogP contribution in [0.1, 0.15) is 5.56 Å². The molecule has 27 heavy (non-hydrogen) atoms. The van der Waals surface area contributed by atoms with E-state index < -0.39 is 0 Å². The van der Waals surface area contributed by atoms with Crippen molar-refractivity contribution in [2.24, 2.45) is 0 Å². The number of pyridine rings is 1. The fourth-order valence-corrected chi connectivity index (χ4v) is 5.33. The number of para-hydroxylation sites is 1. The minimum atomic E-state index is 0.229. The molecule has 4 heterocycles. The van der Waals surface area contributed by atoms with Crippen molar-refractivity contribution in [2.75, 3.05) is 4.81 Å². The van der Waals surface area contributed by atoms with Gasteiger partial charge in [0.25, 0.3) is 0 Å². The molecule has 0 amide bonds. The molecule has 7 rings (SSSR count). The van der Waals surface area contributed by atoms with Crippen LogP contribution >= 0.6 is 0 Å². The van der Waals surface area contributed by atoms with Crippen LogP contribution in [0.4, 0.5) is 11.4 Å². The predicted molar refractivity (Wildman–Crippen MR) is 110 cm³/mol. The van der Waals surface area contributed by atoms with Crippen LogP contribution in [0.3, 0.4) is 0 Å². The van der Waals surface area contributed by atoms with Gasteiger partial charge in [-0.25, -0.2) is 0 Å². The Bertz CT molecular complexity index is 1180. The zero-order valence-electron chi connectivity index (χ0n) is 14.8. The Morgan fingerprint density at radius 2 is 1.48 bits per heavy atom. The number of aromatic nitrogens is 1. The van der Waals surface area contributed by atoms with Crippen LogP contribution in [-0.4, -0.2) is 6.85 Å². The maximum atomic E-state index is 2.56. The molecule has 0 unspecified atom stereocenters. The number of nitrogens with zero attached hydrogens (tertiary/aromatic N) is 2. The summed E-state index contributed by atoms with van der Waals surface area (Å²) in [5.74, 6) is 0. The molecule has 0 saturated heterocycles. The first-order valence-corrected chi connectivity index (χ1v) is 9.54. The molecule has 3 aliphatic rings. The molecule has 4 aromatic rings. The molecule has 2 nitrogen and oxygen atoms in total. The molecule has 1 aromatic heterocycles. The smallest absolute Gasteiger partial charge is 0.329 e. The average molecular weight is 343 g/mol. The lowest BCUT2D eigenvalue weighted by atomic mass is 9.43. The zero-order valence-corrected chi connectivity index (χ0v) is 14.8. The Morgan fingerprint density at radius 3 is 2.44 bits per heavy atom. The largest absolute Gasteiger partial charge is 0.371 e. The molecule has 3 heteroatoms. The molecule has 124 valence electrons. The van der Waals surface area contributed by atoms with Gasteiger partial charge in [-0.2, -0.15) is 4.57 Å². The van der Waals surface area contributed by atoms with Crippen molar-refractivity contribution in [1.82, 2.24) is 0 Å². The van der Waals surface area contributed by atoms with Crippen LogP contribution in [-0.2, 0) is 6.54 Å². The number of hydrogen-bond acceptors (Lipinski definition) is 1. The second-order valence-electron chi connectivity index (χ2n) is 7.63. The lowest BCUT2D eigenvalue weighted by Crippen LogP contribution is -2.60. The van der Waals surface area contributed by atoms with Gasteiger partial charge in [0.15, 0.2) is 12.7 Å². The van der Waals surface area contributed by atoms with Crippen molar-refractivity contribution < 1.29 is 4.57 Å². The summed E-state index contributed by atoms with van der Waals surface area (Å²) in [5.41, 5.74) is 12.4. The first-order valence-electron chi connectivity index (χ1n) is 9.54. The molecule has 0 bridgehead atoms. The van der Waals surface area contributed by atoms with Crippen molar-refractivity contribution in [2.45, 2.75) is 6.54 Å². The van der Waals surface area contributed by atoms with Gasteiger partial charge < -0.3 is 4.81 Å². The summed E-state index contributed by atoms with van der Waals surface area (Å²) < 4.78 is 2.41. The molecule has 0 saturated carbocycles. The topological polar surface area (TPSA) is 7.12 Å². The molecule has 0 N–H and O–H groups in total. The molecule has 0 aliphatic carbocycles. The van der Waals surface area contributed by atoms with E-state index in [0.717, 1.165) is 6.54 Å². The van der Waals surface area contributed by atoms with Gasteiger partial charge in [-0.3, -0.25) is 0 Å². The lowest BCUT2D eigenvalue weighted by Gasteiger charge is -2.41. The van der Waals surface area contributed by atoms with E-state index in [4.69, 9.17) is 0 Å². The van der Waals surface area contributed by atoms with Crippen molar-refractivity contribution in [3.63, 3.8) is 0 Å². The molecule has 3 aromatic carbocycles. The highest BCUT2D eigenvalue weighted by Gasteiger charge is 2.47. The summed E-state index contributed by atoms with van der Waals surface area (Å²) in [6, 6.07) is 29.1. The van der Waals surface area contributed by atoms with Crippen LogP contribution in [0.2, 0.25) is 0 Å². The fourth-order valence-electron chi connectivity index (χ4n) is 5.33. The third-order valence-electron chi connectivity index (χ3n) is 6.33. The van der Waals surface area contributed by atoms with E-state index in [-0.39, 0.29) is 6.85 Å². The first kappa shape index (κ1) is 13.8. The van der Waals surface area contributed by atoms with E-state index >= 15 is 0 Å². The fraction of sp³-hybridized carbons (Fsp3) is 0.0417. The van der Waals surface area contributed by atoms with Crippen LogP contribution in [0.25, 0.3) is 22.4 Å². The first-order chi connectivity index (χ1) is 13.4. The molecule has 0 atom stereocenters. The maximum absolute atomic E-state index is 2.56. The summed E-state index contributed by atoms with van der Waals surface area (Å²) in [7, 11) is 0. The van der Waals surface area contributed by atoms with Crippen LogP contribution < -0.4 is 20.3 Å². The van der Waals surface area contributed by atoms with Gasteiger partial charge >= 0.3 is 6.85 Å². The second kappa shape index (κ2) is 4.69. The Balaban J connectivity index is 1.67. The summed E-state index contributed by atoms with van der Waals surface area (Å²) in [5, 5.41) is 0. The highest BCUT2D eigenvalue weighted by atomic mass is 15.1. The Morgan fingerprint density at radius 1 is 0.704 bits per heavy atom. The van der Waals surface area contributed by atoms with E-state index in [9.17, 15) is 0 Å². The van der Waals surface area contributed by atoms with Gasteiger partial charge in [0.05, 0.1) is 5.56 Å². The standard InChI is InChI=1S/C24H16BN2/c1-3-10-19-17(8-1)18-9-2-4-12-21(18)27-22-13-6-14-26-15-16-7-5-11-20(25(19)27)23(16)24(22)26/h1-14H,15H2/q+1. The number of fused-ring (bicyclic) bond motifs is 8. The summed E-state index contributed by atoms with van der Waals surface area (Å²) in [6.45, 7) is 1.20. The zero-order chi connectivity index (χ0) is 17.5. The molecular weight excluding hydrogens is 327 g/mol. The molecule has 0 spiro atoms. The van der Waals surface area contributed by atoms with Crippen LogP contribution in [0.5, 0.6) is 0 Å². The van der Waals surface area contributed by atoms with E-state index in [2.05, 4.69) is 94.4 Å². The van der Waals surface area contributed by atoms with Crippen LogP contribution in [0, 0.1) is 0 Å². The van der Waals surface area contributed by atoms with Gasteiger partial charge in [-0.05, 0) is 28.6 Å². The number of hydrogen-bond donors (Lipinski definition) is 0. The monoisotopic (exact) mass is 343 g/mol. The average Bonchev–Trinajstić information content (AvgIpc) is 3.12. The highest BCUT2D eigenvalue weighted by molar-refractivity contribution is 6.92. The van der Waals surface area contributed by atoms with E-state index in [1.54, 1.807) is 0 Å². The third kappa shape index (κ3) is 1.57. The van der Waals surface area contributed by atoms with Gasteiger partial charge in [0.1, 0.15) is 5.69 Å². The number of benzene rings is 3. The van der Waals surface area contributed by atoms with Crippen molar-refractivity contribution in [1.29, 1.82) is 0 Å². The van der Waals surface area contributed by atoms with Gasteiger partial charge in [0.2, 0.25) is 5.69 Å². The van der Waals surface area contributed by atoms with Gasteiger partial charge in [0, 0.05) is 22.9 Å². The van der Waals surface area contributed by atoms with E-state index in [1.165, 1.54) is 50.2 Å². The molecule has 0 radical (unpaired) electrons. The summed E-state index contributed by atoms with van der Waals surface area (Å²) in [6.07, 6.45) is 2.22. The molecule has 3 aliphatic heterocycles. The Hall–Kier alpha value is -3.33. The van der Waals surface area contributed by atoms with Crippen molar-refractivity contribution >= 4 is 29.1 Å². The predicted octanol–water partition coefficient (Wildman–Crippen LogP) is 3.24. The summed E-state index contributed by atoms with van der Waals surface area (Å²) >= 11 is 0. The number of rotatable bonds is 0. The van der Waals surface area contributed by atoms with E-state index in [0.29, 0.717) is 0 Å². The Labute approximate surface area is 158 Å². The third-order valence-corrected chi connectivity index (χ3v) is 6.33. The Kier molecular flexibility index (Phi) is 2.40. The van der Waals surface area contributed by atoms with Crippen molar-refractivity contribution in [3.8, 4) is 22.4 Å². The van der Waals surface area contributed by atoms with E-state index in [1.807, 2.05) is 0 Å². The number of anilines is 2. The lowest BCUT2D eigenvalue weighted by molar-refractivity contribution is -0.671. The molecule has 0 fully saturated rings. The SMILES string of the molecule is c1ccc2c(c1)B1c3cccc4c3-c3c(ccc[n+]3C4)N1c1ccccc1-2. The van der Waals surface area contributed by atoms with Crippen LogP contribution in [0.15, 0.2) is 85.1 Å². The highest BCUT2D eigenvalue weighted by Crippen LogP contribution is 2.46. The minimum absolute atomic E-state index is 0.229. The van der Waals surface area contributed by atoms with Gasteiger partial charge in [-0.1, -0.05) is 60.7 Å².